The van der Waals surface area contributed by atoms with Crippen molar-refractivity contribution in [2.45, 2.75) is 145 Å². The Morgan fingerprint density at radius 3 is 1.61 bits per heavy atom. The first-order valence-electron chi connectivity index (χ1n) is 30.6. The van der Waals surface area contributed by atoms with Gasteiger partial charge in [0.25, 0.3) is 0 Å². The van der Waals surface area contributed by atoms with Crippen LogP contribution in [0.15, 0.2) is 178 Å². The number of hydrogen-bond donors (Lipinski definition) is 2. The van der Waals surface area contributed by atoms with E-state index in [1.54, 1.807) is 64.4 Å². The maximum absolute atomic E-state index is 13.1. The summed E-state index contributed by atoms with van der Waals surface area (Å²) in [4.78, 5) is 46.3. The van der Waals surface area contributed by atoms with Crippen molar-refractivity contribution >= 4 is 55.9 Å². The predicted octanol–water partition coefficient (Wildman–Crippen LogP) is 20.0. The Kier molecular flexibility index (Phi) is 32.3. The highest BCUT2D eigenvalue weighted by atomic mass is 32.1. The largest absolute Gasteiger partial charge is 0.466 e. The van der Waals surface area contributed by atoms with E-state index < -0.39 is 6.04 Å². The number of H-pyrrole nitrogens is 2. The van der Waals surface area contributed by atoms with Crippen molar-refractivity contribution in [3.05, 3.63) is 284 Å². The van der Waals surface area contributed by atoms with Gasteiger partial charge in [-0.3, -0.25) is 29.6 Å². The van der Waals surface area contributed by atoms with Crippen LogP contribution in [-0.2, 0) is 7.05 Å². The van der Waals surface area contributed by atoms with Crippen LogP contribution in [0.1, 0.15) is 111 Å². The molecule has 13 aromatic rings. The van der Waals surface area contributed by atoms with Crippen LogP contribution in [0.2, 0.25) is 0 Å². The van der Waals surface area contributed by atoms with Crippen molar-refractivity contribution in [1.29, 1.82) is 0 Å². The number of fused-ring (bicyclic) bond motifs is 3. The molecule has 94 heavy (non-hydrogen) atoms. The molecule has 14 rings (SSSR count). The number of alkyl halides is 1. The molecule has 11 heterocycles. The van der Waals surface area contributed by atoms with Gasteiger partial charge in [-0.15, -0.1) is 34.0 Å². The Morgan fingerprint density at radius 1 is 0.521 bits per heavy atom. The van der Waals surface area contributed by atoms with Gasteiger partial charge in [0.05, 0.1) is 39.8 Å². The number of thiophene rings is 3. The smallest absolute Gasteiger partial charge is 0.404 e. The van der Waals surface area contributed by atoms with Crippen molar-refractivity contribution in [2.75, 3.05) is 0 Å². The number of aromatic amines is 2. The molecule has 1 aliphatic heterocycles. The molecule has 0 bridgehead atoms. The zero-order valence-electron chi connectivity index (χ0n) is 58.5. The molecule has 0 aliphatic carbocycles. The molecule has 2 N–H and O–H groups in total. The number of hydrogen-bond acceptors (Lipinski definition) is 14. The van der Waals surface area contributed by atoms with Crippen LogP contribution in [-0.4, -0.2) is 55.7 Å². The van der Waals surface area contributed by atoms with Gasteiger partial charge >= 0.3 is 11.7 Å². The minimum atomic E-state index is -2.01. The third-order valence-corrected chi connectivity index (χ3v) is 16.4. The molecule has 1 atom stereocenters. The SMILES string of the molecule is Cc1cc(C)c(C)o1.Cc1ccc(C)s1.Cc1ccc2ccccc2n1.Cc1cccc2c1OC(C)(F)O2.Cc1ccccc1C.Cc1cccnc1C.Cc1cccs1.Cc1ccsc1C.Cc1cnc(C)c(C)n1.Cc1cncc2[nH]c(=O)[nH]c12.Cc1ncn(C)n1. The minimum absolute atomic E-state index is 0.184. The zero-order valence-corrected chi connectivity index (χ0v) is 60.9. The quantitative estimate of drug-likeness (QED) is 0.148. The summed E-state index contributed by atoms with van der Waals surface area (Å²) in [5.41, 5.74) is 16.2. The van der Waals surface area contributed by atoms with Crippen LogP contribution < -0.4 is 15.2 Å². The molecule has 0 saturated carbocycles. The number of halogens is 1. The van der Waals surface area contributed by atoms with Gasteiger partial charge in [0.2, 0.25) is 0 Å². The molecule has 0 radical (unpaired) electrons. The molecule has 496 valence electrons. The molecule has 14 nitrogen and oxygen atoms in total. The first-order valence-corrected chi connectivity index (χ1v) is 33.2. The fourth-order valence-electron chi connectivity index (χ4n) is 7.95. The van der Waals surface area contributed by atoms with Gasteiger partial charge in [-0.1, -0.05) is 72.8 Å². The highest BCUT2D eigenvalue weighted by Gasteiger charge is 2.37. The third-order valence-electron chi connectivity index (χ3n) is 13.8. The normalized spacial score (nSPS) is 11.8. The van der Waals surface area contributed by atoms with Crippen molar-refractivity contribution in [2.24, 2.45) is 7.05 Å². The van der Waals surface area contributed by atoms with Crippen LogP contribution in [0, 0.1) is 132 Å². The Bertz CT molecular complexity index is 4190. The number of rotatable bonds is 0. The van der Waals surface area contributed by atoms with E-state index in [4.69, 9.17) is 13.9 Å². The lowest BCUT2D eigenvalue weighted by Crippen LogP contribution is -2.28. The minimum Gasteiger partial charge on any atom is -0.466 e. The monoisotopic (exact) mass is 1320 g/mol. The lowest BCUT2D eigenvalue weighted by molar-refractivity contribution is -0.173. The second-order valence-electron chi connectivity index (χ2n) is 22.3. The molecule has 1 aliphatic rings. The standard InChI is InChI=1S/C10H9N.C9H9FO2.C8H10.C7H7N3O.C7H10N2.C7H9N.C7H10O.2C6H8S.C5H6S.C4H7N3/c1-8-6-7-9-4-2-3-5-10(9)11-8;1-6-4-3-5-7-8(6)12-9(2,10)11-7;1-7-5-3-4-6-8(7)2;1-4-2-8-3-5-6(4)10-7(11)9-5;1-5-4-8-6(2)7(3)9-5;1-6-4-3-5-8-7(6)2;1-5-4-6(2)8-7(5)3;1-5-3-4-7-6(5)2;1-5-3-4-6(2)7-5;1-5-3-2-4-6-5;1-4-5-3-7(2)6-4/h2-7H,1H3;3-5H,1-2H3;3-6H,1-2H3;2-3H,1H3,(H2,9,10,11);4H,1-3H3;3-5H,1-2H3;4H,1-3H3;2*3-4H,1-2H3;2-4H,1H3;3H,1-2H3. The molecule has 3 aromatic carbocycles. The second kappa shape index (κ2) is 39.3. The molecule has 0 amide bonds. The summed E-state index contributed by atoms with van der Waals surface area (Å²) >= 11 is 5.42. The van der Waals surface area contributed by atoms with Gasteiger partial charge < -0.3 is 23.9 Å². The fraction of sp³-hybridized carbons (Fsp3) is 0.289. The molecule has 0 saturated heterocycles. The topological polar surface area (TPSA) is 175 Å². The Balaban J connectivity index is 0.000000222. The number of aryl methyl sites for hydroxylation is 20. The number of nitrogens with one attached hydrogen (secondary N) is 2. The molecular formula is C76H93FN10O4S3. The van der Waals surface area contributed by atoms with Gasteiger partial charge in [0.1, 0.15) is 23.7 Å². The van der Waals surface area contributed by atoms with Crippen LogP contribution in [0.25, 0.3) is 21.9 Å². The maximum atomic E-state index is 13.1. The summed E-state index contributed by atoms with van der Waals surface area (Å²) in [5, 5.41) is 9.32. The van der Waals surface area contributed by atoms with E-state index in [-0.39, 0.29) is 5.69 Å². The number of furan rings is 1. The van der Waals surface area contributed by atoms with Crippen LogP contribution in [0.3, 0.4) is 0 Å². The van der Waals surface area contributed by atoms with Gasteiger partial charge in [0.15, 0.2) is 11.5 Å². The summed E-state index contributed by atoms with van der Waals surface area (Å²) in [7, 11) is 1.85. The van der Waals surface area contributed by atoms with Crippen molar-refractivity contribution in [1.82, 2.24) is 49.7 Å². The molecule has 0 fully saturated rings. The Hall–Kier alpha value is -9.23. The first-order chi connectivity index (χ1) is 44.5. The second-order valence-corrected chi connectivity index (χ2v) is 26.1. The van der Waals surface area contributed by atoms with Gasteiger partial charge in [-0.05, 0) is 236 Å². The van der Waals surface area contributed by atoms with Crippen LogP contribution in [0.5, 0.6) is 11.5 Å². The lowest BCUT2D eigenvalue weighted by Gasteiger charge is -2.10. The zero-order chi connectivity index (χ0) is 69.5. The summed E-state index contributed by atoms with van der Waals surface area (Å²) in [6, 6.07) is 40.6. The molecule has 0 spiro atoms. The molecule has 10 aromatic heterocycles. The maximum Gasteiger partial charge on any atom is 0.404 e. The summed E-state index contributed by atoms with van der Waals surface area (Å²) in [6.07, 6.45) is 8.60. The Morgan fingerprint density at radius 2 is 1.18 bits per heavy atom. The molecular weight excluding hydrogens is 1230 g/mol. The van der Waals surface area contributed by atoms with Crippen molar-refractivity contribution < 1.29 is 18.3 Å². The van der Waals surface area contributed by atoms with E-state index in [1.807, 2.05) is 143 Å². The number of pyridine rings is 3. The number of ether oxygens (including phenoxy) is 2. The van der Waals surface area contributed by atoms with E-state index in [0.29, 0.717) is 11.5 Å². The van der Waals surface area contributed by atoms with E-state index in [0.717, 1.165) is 73.5 Å². The average molecular weight is 1330 g/mol. The number of nitrogens with zero attached hydrogens (tertiary/aromatic N) is 8. The third kappa shape index (κ3) is 28.7. The van der Waals surface area contributed by atoms with Crippen LogP contribution in [0.4, 0.5) is 4.39 Å². The highest BCUT2D eigenvalue weighted by Crippen LogP contribution is 2.41. The fourth-order valence-corrected chi connectivity index (χ4v) is 9.99. The number of para-hydroxylation sites is 2. The summed E-state index contributed by atoms with van der Waals surface area (Å²) < 4.78 is 29.9. The van der Waals surface area contributed by atoms with Gasteiger partial charge in [0, 0.05) is 68.8 Å². The van der Waals surface area contributed by atoms with Crippen LogP contribution >= 0.6 is 34.0 Å². The lowest BCUT2D eigenvalue weighted by atomic mass is 10.1. The number of imidazole rings is 1. The number of aromatic nitrogens is 10. The van der Waals surface area contributed by atoms with E-state index >= 15 is 0 Å². The molecule has 1 unspecified atom stereocenters. The molecule has 18 heteroatoms. The number of benzene rings is 3. The van der Waals surface area contributed by atoms with E-state index in [2.05, 4.69) is 184 Å². The van der Waals surface area contributed by atoms with Gasteiger partial charge in [-0.2, -0.15) is 9.49 Å². The average Bonchev–Trinajstić information content (AvgIpc) is 1.66. The van der Waals surface area contributed by atoms with Crippen molar-refractivity contribution in [3.63, 3.8) is 0 Å². The first kappa shape index (κ1) is 77.2. The van der Waals surface area contributed by atoms with Gasteiger partial charge in [-0.25, -0.2) is 9.78 Å². The van der Waals surface area contributed by atoms with E-state index in [1.165, 1.54) is 59.6 Å². The summed E-state index contributed by atoms with van der Waals surface area (Å²) in [5.74, 6) is 3.83. The van der Waals surface area contributed by atoms with Crippen molar-refractivity contribution in [3.8, 4) is 11.5 Å². The summed E-state index contributed by atoms with van der Waals surface area (Å²) in [6.45, 7) is 39.6. The predicted molar refractivity (Wildman–Crippen MR) is 391 cm³/mol. The highest BCUT2D eigenvalue weighted by molar-refractivity contribution is 7.11. The Labute approximate surface area is 567 Å². The van der Waals surface area contributed by atoms with E-state index in [9.17, 15) is 9.18 Å².